The monoisotopic (exact) mass is 389 g/mol. The number of aromatic nitrogens is 2. The third kappa shape index (κ3) is 4.93. The van der Waals surface area contributed by atoms with Crippen molar-refractivity contribution in [1.82, 2.24) is 25.3 Å². The summed E-state index contributed by atoms with van der Waals surface area (Å²) in [7, 11) is 5.86. The Balaban J connectivity index is 1.65. The van der Waals surface area contributed by atoms with Crippen molar-refractivity contribution in [2.45, 2.75) is 13.1 Å². The smallest absolute Gasteiger partial charge is 0.191 e. The van der Waals surface area contributed by atoms with Crippen LogP contribution in [0, 0.1) is 0 Å². The van der Waals surface area contributed by atoms with Gasteiger partial charge in [-0.3, -0.25) is 9.67 Å². The maximum atomic E-state index is 6.53. The molecule has 8 heteroatoms. The molecule has 3 rings (SSSR count). The number of rotatable bonds is 5. The van der Waals surface area contributed by atoms with Gasteiger partial charge >= 0.3 is 0 Å². The van der Waals surface area contributed by atoms with Crippen LogP contribution in [-0.2, 0) is 20.1 Å². The van der Waals surface area contributed by atoms with Gasteiger partial charge in [0, 0.05) is 69.3 Å². The maximum Gasteiger partial charge on any atom is 0.191 e. The first-order valence-electron chi connectivity index (χ1n) is 9.20. The van der Waals surface area contributed by atoms with Gasteiger partial charge in [-0.15, -0.1) is 0 Å². The third-order valence-electron chi connectivity index (χ3n) is 4.95. The summed E-state index contributed by atoms with van der Waals surface area (Å²) in [6.45, 7) is 5.42. The Morgan fingerprint density at radius 1 is 1.11 bits per heavy atom. The Labute approximate surface area is 166 Å². The van der Waals surface area contributed by atoms with Crippen LogP contribution < -0.4 is 15.5 Å². The van der Waals surface area contributed by atoms with E-state index in [0.29, 0.717) is 13.1 Å². The molecule has 0 unspecified atom stereocenters. The molecule has 2 aromatic rings. The van der Waals surface area contributed by atoms with Crippen molar-refractivity contribution in [2.24, 2.45) is 12.0 Å². The molecule has 1 aliphatic heterocycles. The minimum Gasteiger partial charge on any atom is -0.369 e. The van der Waals surface area contributed by atoms with Gasteiger partial charge in [-0.1, -0.05) is 17.7 Å². The Kier molecular flexibility index (Phi) is 6.58. The summed E-state index contributed by atoms with van der Waals surface area (Å²) in [5.74, 6) is 0.737. The van der Waals surface area contributed by atoms with E-state index in [9.17, 15) is 0 Å². The van der Waals surface area contributed by atoms with Crippen LogP contribution in [0.1, 0.15) is 11.3 Å². The van der Waals surface area contributed by atoms with Crippen LogP contribution in [-0.4, -0.2) is 60.9 Å². The number of benzene rings is 1. The van der Waals surface area contributed by atoms with E-state index in [4.69, 9.17) is 11.6 Å². The molecule has 7 nitrogen and oxygen atoms in total. The number of aryl methyl sites for hydroxylation is 1. The fourth-order valence-electron chi connectivity index (χ4n) is 3.21. The van der Waals surface area contributed by atoms with Gasteiger partial charge in [-0.2, -0.15) is 5.10 Å². The molecule has 1 aliphatic rings. The summed E-state index contributed by atoms with van der Waals surface area (Å²) in [6.07, 6.45) is 1.79. The zero-order valence-corrected chi connectivity index (χ0v) is 17.0. The number of anilines is 1. The number of nitrogens with zero attached hydrogens (tertiary/aromatic N) is 5. The third-order valence-corrected chi connectivity index (χ3v) is 5.31. The standard InChI is InChI=1S/C19H28ClN7/c1-21-19(22-13-15-7-8-24-26(15)3)23-14-16-17(20)5-4-6-18(16)27-11-9-25(2)10-12-27/h4-8H,9-14H2,1-3H3,(H2,21,22,23). The first-order valence-corrected chi connectivity index (χ1v) is 9.58. The number of guanidine groups is 1. The van der Waals surface area contributed by atoms with Crippen molar-refractivity contribution in [3.05, 3.63) is 46.7 Å². The molecule has 0 aliphatic carbocycles. The Morgan fingerprint density at radius 3 is 2.52 bits per heavy atom. The van der Waals surface area contributed by atoms with Crippen LogP contribution in [0.5, 0.6) is 0 Å². The second-order valence-corrected chi connectivity index (χ2v) is 7.16. The van der Waals surface area contributed by atoms with E-state index >= 15 is 0 Å². The van der Waals surface area contributed by atoms with E-state index in [0.717, 1.165) is 48.4 Å². The lowest BCUT2D eigenvalue weighted by atomic mass is 10.1. The SMILES string of the molecule is CN=C(NCc1c(Cl)cccc1N1CCN(C)CC1)NCc1ccnn1C. The summed E-state index contributed by atoms with van der Waals surface area (Å²) in [5.41, 5.74) is 3.39. The van der Waals surface area contributed by atoms with E-state index in [2.05, 4.69) is 43.6 Å². The van der Waals surface area contributed by atoms with E-state index < -0.39 is 0 Å². The van der Waals surface area contributed by atoms with Crippen molar-refractivity contribution in [2.75, 3.05) is 45.2 Å². The highest BCUT2D eigenvalue weighted by Gasteiger charge is 2.18. The van der Waals surface area contributed by atoms with Gasteiger partial charge in [-0.05, 0) is 25.2 Å². The zero-order valence-electron chi connectivity index (χ0n) is 16.2. The van der Waals surface area contributed by atoms with Gasteiger partial charge in [0.15, 0.2) is 5.96 Å². The quantitative estimate of drug-likeness (QED) is 0.602. The zero-order chi connectivity index (χ0) is 19.2. The van der Waals surface area contributed by atoms with Crippen molar-refractivity contribution < 1.29 is 0 Å². The van der Waals surface area contributed by atoms with Crippen molar-refractivity contribution in [1.29, 1.82) is 0 Å². The van der Waals surface area contributed by atoms with Gasteiger partial charge in [0.1, 0.15) is 0 Å². The summed E-state index contributed by atoms with van der Waals surface area (Å²) in [4.78, 5) is 9.08. The molecular weight excluding hydrogens is 362 g/mol. The highest BCUT2D eigenvalue weighted by molar-refractivity contribution is 6.31. The van der Waals surface area contributed by atoms with Gasteiger partial charge in [0.2, 0.25) is 0 Å². The molecule has 27 heavy (non-hydrogen) atoms. The molecule has 0 amide bonds. The van der Waals surface area contributed by atoms with Crippen LogP contribution >= 0.6 is 11.6 Å². The lowest BCUT2D eigenvalue weighted by Gasteiger charge is -2.35. The van der Waals surface area contributed by atoms with E-state index in [-0.39, 0.29) is 0 Å². The number of hydrogen-bond donors (Lipinski definition) is 2. The van der Waals surface area contributed by atoms with Crippen molar-refractivity contribution >= 4 is 23.2 Å². The molecule has 1 aromatic carbocycles. The number of piperazine rings is 1. The molecule has 0 radical (unpaired) electrons. The first-order chi connectivity index (χ1) is 13.1. The summed E-state index contributed by atoms with van der Waals surface area (Å²) in [5, 5.41) is 11.7. The molecule has 2 N–H and O–H groups in total. The summed E-state index contributed by atoms with van der Waals surface area (Å²) in [6, 6.07) is 8.11. The van der Waals surface area contributed by atoms with Crippen LogP contribution in [0.4, 0.5) is 5.69 Å². The summed E-state index contributed by atoms with van der Waals surface area (Å²) >= 11 is 6.53. The lowest BCUT2D eigenvalue weighted by Crippen LogP contribution is -2.45. The number of aliphatic imine (C=N–C) groups is 1. The Hall–Kier alpha value is -2.25. The average Bonchev–Trinajstić information content (AvgIpc) is 3.08. The van der Waals surface area contributed by atoms with Gasteiger partial charge in [0.05, 0.1) is 12.2 Å². The van der Waals surface area contributed by atoms with Crippen LogP contribution in [0.3, 0.4) is 0 Å². The molecule has 146 valence electrons. The number of nitrogens with one attached hydrogen (secondary N) is 2. The first kappa shape index (κ1) is 19.5. The topological polar surface area (TPSA) is 60.7 Å². The van der Waals surface area contributed by atoms with Crippen LogP contribution in [0.2, 0.25) is 5.02 Å². The lowest BCUT2D eigenvalue weighted by molar-refractivity contribution is 0.312. The van der Waals surface area contributed by atoms with Gasteiger partial charge < -0.3 is 20.4 Å². The van der Waals surface area contributed by atoms with E-state index in [1.165, 1.54) is 5.69 Å². The molecule has 0 atom stereocenters. The van der Waals surface area contributed by atoms with E-state index in [1.54, 1.807) is 13.2 Å². The van der Waals surface area contributed by atoms with Gasteiger partial charge in [0.25, 0.3) is 0 Å². The highest BCUT2D eigenvalue weighted by Crippen LogP contribution is 2.28. The average molecular weight is 390 g/mol. The second kappa shape index (κ2) is 9.10. The van der Waals surface area contributed by atoms with Crippen LogP contribution in [0.15, 0.2) is 35.5 Å². The number of likely N-dealkylation sites (N-methyl/N-ethyl adjacent to an activating group) is 1. The second-order valence-electron chi connectivity index (χ2n) is 6.75. The Morgan fingerprint density at radius 2 is 1.85 bits per heavy atom. The van der Waals surface area contributed by atoms with Crippen LogP contribution in [0.25, 0.3) is 0 Å². The molecule has 1 fully saturated rings. The van der Waals surface area contributed by atoms with Crippen molar-refractivity contribution in [3.63, 3.8) is 0 Å². The largest absolute Gasteiger partial charge is 0.369 e. The van der Waals surface area contributed by atoms with Crippen molar-refractivity contribution in [3.8, 4) is 0 Å². The molecule has 0 saturated carbocycles. The fourth-order valence-corrected chi connectivity index (χ4v) is 3.44. The fraction of sp³-hybridized carbons (Fsp3) is 0.474. The number of hydrogen-bond acceptors (Lipinski definition) is 4. The predicted octanol–water partition coefficient (Wildman–Crippen LogP) is 1.69. The normalized spacial score (nSPS) is 15.9. The minimum absolute atomic E-state index is 0.617. The highest BCUT2D eigenvalue weighted by atomic mass is 35.5. The molecule has 0 spiro atoms. The maximum absolute atomic E-state index is 6.53. The molecule has 0 bridgehead atoms. The number of halogens is 1. The predicted molar refractivity (Wildman–Crippen MR) is 111 cm³/mol. The van der Waals surface area contributed by atoms with Gasteiger partial charge in [-0.25, -0.2) is 0 Å². The Bertz CT molecular complexity index is 778. The minimum atomic E-state index is 0.617. The molecular formula is C19H28ClN7. The molecule has 1 aromatic heterocycles. The summed E-state index contributed by atoms with van der Waals surface area (Å²) < 4.78 is 1.85. The molecule has 2 heterocycles. The molecule has 1 saturated heterocycles. The van der Waals surface area contributed by atoms with E-state index in [1.807, 2.05) is 29.9 Å².